The predicted molar refractivity (Wildman–Crippen MR) is 102 cm³/mol. The molecule has 2 saturated heterocycles. The highest BCUT2D eigenvalue weighted by Crippen LogP contribution is 2.30. The van der Waals surface area contributed by atoms with E-state index >= 15 is 0 Å². The number of hydrogen-bond acceptors (Lipinski definition) is 4. The van der Waals surface area contributed by atoms with Gasteiger partial charge >= 0.3 is 0 Å². The normalized spacial score (nSPS) is 24.4. The largest absolute Gasteiger partial charge is 0.356 e. The molecule has 0 aliphatic carbocycles. The lowest BCUT2D eigenvalue weighted by atomic mass is 9.86. The van der Waals surface area contributed by atoms with Gasteiger partial charge in [-0.3, -0.25) is 19.4 Å². The molecule has 0 bridgehead atoms. The first-order valence-electron chi connectivity index (χ1n) is 9.68. The molecular formula is C20H29FN4O2. The molecule has 2 aliphatic heterocycles. The van der Waals surface area contributed by atoms with Crippen LogP contribution in [-0.2, 0) is 16.0 Å². The van der Waals surface area contributed by atoms with Gasteiger partial charge in [0.2, 0.25) is 11.8 Å². The van der Waals surface area contributed by atoms with Crippen LogP contribution in [0.5, 0.6) is 0 Å². The molecular weight excluding hydrogens is 347 g/mol. The van der Waals surface area contributed by atoms with Gasteiger partial charge < -0.3 is 10.6 Å². The standard InChI is InChI=1S/C20H29FN4O2/c1-24-12-13-25(15-20(24)8-6-18(26)23-11-9-20)14-19(27)22-10-7-16-2-4-17(21)5-3-16/h2-5H,6-15H2,1H3,(H,22,27)(H,23,26)/t20-/m1/s1. The smallest absolute Gasteiger partial charge is 0.234 e. The zero-order valence-electron chi connectivity index (χ0n) is 16.0. The molecule has 2 N–H and O–H groups in total. The van der Waals surface area contributed by atoms with Crippen molar-refractivity contribution in [3.8, 4) is 0 Å². The van der Waals surface area contributed by atoms with Gasteiger partial charge in [-0.2, -0.15) is 0 Å². The Morgan fingerprint density at radius 1 is 1.26 bits per heavy atom. The third-order valence-electron chi connectivity index (χ3n) is 5.83. The molecule has 1 aromatic rings. The Kier molecular flexibility index (Phi) is 6.44. The van der Waals surface area contributed by atoms with Gasteiger partial charge in [-0.25, -0.2) is 4.39 Å². The van der Waals surface area contributed by atoms with Crippen LogP contribution in [-0.4, -0.2) is 73.5 Å². The maximum Gasteiger partial charge on any atom is 0.234 e. The van der Waals surface area contributed by atoms with Crippen molar-refractivity contribution in [2.24, 2.45) is 0 Å². The number of likely N-dealkylation sites (N-methyl/N-ethyl adjacent to an activating group) is 1. The van der Waals surface area contributed by atoms with E-state index in [0.29, 0.717) is 32.5 Å². The van der Waals surface area contributed by atoms with Crippen LogP contribution in [0.15, 0.2) is 24.3 Å². The Hall–Kier alpha value is -1.99. The summed E-state index contributed by atoms with van der Waals surface area (Å²) in [6.45, 7) is 4.18. The summed E-state index contributed by atoms with van der Waals surface area (Å²) in [5.41, 5.74) is 0.970. The molecule has 2 fully saturated rings. The molecule has 1 spiro atoms. The van der Waals surface area contributed by atoms with Crippen molar-refractivity contribution in [3.05, 3.63) is 35.6 Å². The van der Waals surface area contributed by atoms with Crippen molar-refractivity contribution in [1.29, 1.82) is 0 Å². The fraction of sp³-hybridized carbons (Fsp3) is 0.600. The molecule has 148 valence electrons. The summed E-state index contributed by atoms with van der Waals surface area (Å²) in [4.78, 5) is 28.6. The van der Waals surface area contributed by atoms with E-state index in [2.05, 4.69) is 27.5 Å². The van der Waals surface area contributed by atoms with Crippen molar-refractivity contribution in [2.45, 2.75) is 31.2 Å². The van der Waals surface area contributed by atoms with Gasteiger partial charge in [0.1, 0.15) is 5.82 Å². The van der Waals surface area contributed by atoms with Gasteiger partial charge in [0, 0.05) is 44.7 Å². The minimum atomic E-state index is -0.248. The number of piperazine rings is 1. The third-order valence-corrected chi connectivity index (χ3v) is 5.83. The van der Waals surface area contributed by atoms with Crippen LogP contribution in [0.4, 0.5) is 4.39 Å². The van der Waals surface area contributed by atoms with E-state index in [9.17, 15) is 14.0 Å². The van der Waals surface area contributed by atoms with Crippen LogP contribution in [0.1, 0.15) is 24.8 Å². The Morgan fingerprint density at radius 3 is 2.81 bits per heavy atom. The summed E-state index contributed by atoms with van der Waals surface area (Å²) in [7, 11) is 2.12. The average molecular weight is 376 g/mol. The number of carbonyl (C=O) groups is 2. The highest BCUT2D eigenvalue weighted by Gasteiger charge is 2.41. The molecule has 27 heavy (non-hydrogen) atoms. The van der Waals surface area contributed by atoms with Crippen molar-refractivity contribution < 1.29 is 14.0 Å². The lowest BCUT2D eigenvalue weighted by Crippen LogP contribution is -2.62. The molecule has 2 aliphatic rings. The number of hydrogen-bond donors (Lipinski definition) is 2. The third kappa shape index (κ3) is 5.26. The quantitative estimate of drug-likeness (QED) is 0.797. The minimum Gasteiger partial charge on any atom is -0.356 e. The van der Waals surface area contributed by atoms with Gasteiger partial charge in [0.25, 0.3) is 0 Å². The number of nitrogens with one attached hydrogen (secondary N) is 2. The van der Waals surface area contributed by atoms with Crippen LogP contribution < -0.4 is 10.6 Å². The molecule has 2 amide bonds. The van der Waals surface area contributed by atoms with Gasteiger partial charge in [0.15, 0.2) is 0 Å². The number of carbonyl (C=O) groups excluding carboxylic acids is 2. The van der Waals surface area contributed by atoms with Gasteiger partial charge in [0.05, 0.1) is 6.54 Å². The van der Waals surface area contributed by atoms with E-state index in [0.717, 1.165) is 38.0 Å². The average Bonchev–Trinajstić information content (AvgIpc) is 2.82. The lowest BCUT2D eigenvalue weighted by Gasteiger charge is -2.49. The maximum atomic E-state index is 12.9. The molecule has 3 rings (SSSR count). The summed E-state index contributed by atoms with van der Waals surface area (Å²) in [5, 5.41) is 5.91. The highest BCUT2D eigenvalue weighted by atomic mass is 19.1. The van der Waals surface area contributed by atoms with Crippen LogP contribution in [0.2, 0.25) is 0 Å². The summed E-state index contributed by atoms with van der Waals surface area (Å²) in [6, 6.07) is 6.36. The van der Waals surface area contributed by atoms with Gasteiger partial charge in [-0.15, -0.1) is 0 Å². The molecule has 2 heterocycles. The summed E-state index contributed by atoms with van der Waals surface area (Å²) in [5.74, 6) is -0.113. The predicted octanol–water partition coefficient (Wildman–Crippen LogP) is 0.771. The Balaban J connectivity index is 1.47. The van der Waals surface area contributed by atoms with Crippen LogP contribution in [0.25, 0.3) is 0 Å². The SMILES string of the molecule is CN1CCN(CC(=O)NCCc2ccc(F)cc2)C[C@@]12CCNC(=O)CC2. The molecule has 0 saturated carbocycles. The maximum absolute atomic E-state index is 12.9. The fourth-order valence-corrected chi connectivity index (χ4v) is 4.07. The lowest BCUT2D eigenvalue weighted by molar-refractivity contribution is -0.124. The number of amides is 2. The van der Waals surface area contributed by atoms with E-state index in [1.807, 2.05) is 0 Å². The molecule has 1 aromatic carbocycles. The zero-order valence-corrected chi connectivity index (χ0v) is 16.0. The van der Waals surface area contributed by atoms with Crippen LogP contribution in [0, 0.1) is 5.82 Å². The second-order valence-electron chi connectivity index (χ2n) is 7.68. The molecule has 0 aromatic heterocycles. The van der Waals surface area contributed by atoms with E-state index < -0.39 is 0 Å². The minimum absolute atomic E-state index is 0.0136. The highest BCUT2D eigenvalue weighted by molar-refractivity contribution is 5.78. The monoisotopic (exact) mass is 376 g/mol. The van der Waals surface area contributed by atoms with Crippen molar-refractivity contribution in [3.63, 3.8) is 0 Å². The second kappa shape index (κ2) is 8.80. The number of halogens is 1. The fourth-order valence-electron chi connectivity index (χ4n) is 4.07. The van der Waals surface area contributed by atoms with E-state index in [4.69, 9.17) is 0 Å². The van der Waals surface area contributed by atoms with Crippen molar-refractivity contribution >= 4 is 11.8 Å². The van der Waals surface area contributed by atoms with E-state index in [1.165, 1.54) is 12.1 Å². The summed E-state index contributed by atoms with van der Waals surface area (Å²) in [6.07, 6.45) is 2.98. The summed E-state index contributed by atoms with van der Waals surface area (Å²) < 4.78 is 12.9. The van der Waals surface area contributed by atoms with Gasteiger partial charge in [-0.05, 0) is 44.0 Å². The Morgan fingerprint density at radius 2 is 2.04 bits per heavy atom. The molecule has 0 unspecified atom stereocenters. The number of nitrogens with zero attached hydrogens (tertiary/aromatic N) is 2. The first-order valence-corrected chi connectivity index (χ1v) is 9.68. The molecule has 7 heteroatoms. The number of rotatable bonds is 5. The summed E-state index contributed by atoms with van der Waals surface area (Å²) >= 11 is 0. The van der Waals surface area contributed by atoms with Crippen LogP contribution in [0.3, 0.4) is 0 Å². The van der Waals surface area contributed by atoms with E-state index in [-0.39, 0.29) is 23.2 Å². The molecule has 1 atom stereocenters. The Bertz CT molecular complexity index is 666. The first kappa shape index (κ1) is 19.8. The van der Waals surface area contributed by atoms with Crippen molar-refractivity contribution in [1.82, 2.24) is 20.4 Å². The molecule has 6 nitrogen and oxygen atoms in total. The zero-order chi connectivity index (χ0) is 19.3. The molecule has 0 radical (unpaired) electrons. The van der Waals surface area contributed by atoms with E-state index in [1.54, 1.807) is 12.1 Å². The first-order chi connectivity index (χ1) is 13.0. The number of benzene rings is 1. The van der Waals surface area contributed by atoms with Gasteiger partial charge in [-0.1, -0.05) is 12.1 Å². The second-order valence-corrected chi connectivity index (χ2v) is 7.68. The van der Waals surface area contributed by atoms with Crippen molar-refractivity contribution in [2.75, 3.05) is 46.3 Å². The topological polar surface area (TPSA) is 64.7 Å². The Labute approximate surface area is 160 Å². The van der Waals surface area contributed by atoms with Crippen LogP contribution >= 0.6 is 0 Å².